The fourth-order valence-corrected chi connectivity index (χ4v) is 2.74. The number of nitrogens with one attached hydrogen (secondary N) is 1. The summed E-state index contributed by atoms with van der Waals surface area (Å²) in [6.07, 6.45) is 0.854. The van der Waals surface area contributed by atoms with Crippen molar-refractivity contribution in [3.8, 4) is 0 Å². The molecule has 3 nitrogen and oxygen atoms in total. The fraction of sp³-hybridized carbons (Fsp3) is 0.500. The lowest BCUT2D eigenvalue weighted by Crippen LogP contribution is -2.41. The molecule has 1 aromatic rings. The van der Waals surface area contributed by atoms with E-state index in [0.717, 1.165) is 24.5 Å². The van der Waals surface area contributed by atoms with E-state index in [9.17, 15) is 4.79 Å². The molecule has 5 heteroatoms. The van der Waals surface area contributed by atoms with Gasteiger partial charge in [-0.2, -0.15) is 0 Å². The monoisotopic (exact) mass is 302 g/mol. The second kappa shape index (κ2) is 7.13. The third-order valence-corrected chi connectivity index (χ3v) is 3.81. The summed E-state index contributed by atoms with van der Waals surface area (Å²) in [7, 11) is 1.87. The molecule has 0 spiro atoms. The van der Waals surface area contributed by atoms with Gasteiger partial charge in [-0.15, -0.1) is 12.4 Å². The molecule has 0 fully saturated rings. The molecule has 0 aromatic heterocycles. The number of rotatable bonds is 3. The summed E-state index contributed by atoms with van der Waals surface area (Å²) in [4.78, 5) is 14.2. The van der Waals surface area contributed by atoms with Crippen molar-refractivity contribution in [1.82, 2.24) is 10.2 Å². The maximum atomic E-state index is 12.2. The summed E-state index contributed by atoms with van der Waals surface area (Å²) >= 11 is 6.17. The van der Waals surface area contributed by atoms with Crippen molar-refractivity contribution < 1.29 is 4.79 Å². The Morgan fingerprint density at radius 3 is 2.95 bits per heavy atom. The first-order chi connectivity index (χ1) is 8.63. The van der Waals surface area contributed by atoms with E-state index in [1.165, 1.54) is 11.1 Å². The van der Waals surface area contributed by atoms with Crippen LogP contribution in [0.15, 0.2) is 18.2 Å². The lowest BCUT2D eigenvalue weighted by molar-refractivity contribution is -0.135. The summed E-state index contributed by atoms with van der Waals surface area (Å²) in [6.45, 7) is 4.14. The molecule has 0 bridgehead atoms. The zero-order valence-electron chi connectivity index (χ0n) is 11.3. The molecule has 1 atom stereocenters. The number of amides is 1. The van der Waals surface area contributed by atoms with Crippen molar-refractivity contribution in [2.45, 2.75) is 19.9 Å². The number of nitrogens with zero attached hydrogens (tertiary/aromatic N) is 1. The minimum absolute atomic E-state index is 0. The molecule has 1 N–H and O–H groups in total. The Morgan fingerprint density at radius 1 is 1.53 bits per heavy atom. The molecule has 19 heavy (non-hydrogen) atoms. The molecule has 1 unspecified atom stereocenters. The highest BCUT2D eigenvalue weighted by Gasteiger charge is 2.24. The minimum Gasteiger partial charge on any atom is -0.338 e. The van der Waals surface area contributed by atoms with Crippen molar-refractivity contribution >= 4 is 29.9 Å². The van der Waals surface area contributed by atoms with Crippen molar-refractivity contribution in [3.05, 3.63) is 34.3 Å². The van der Waals surface area contributed by atoms with Crippen molar-refractivity contribution in [1.29, 1.82) is 0 Å². The first-order valence-electron chi connectivity index (χ1n) is 6.33. The minimum atomic E-state index is 0. The number of benzene rings is 1. The number of carbonyl (C=O) groups excluding carboxylic acids is 1. The summed E-state index contributed by atoms with van der Waals surface area (Å²) < 4.78 is 0. The van der Waals surface area contributed by atoms with Gasteiger partial charge in [0.1, 0.15) is 0 Å². The third kappa shape index (κ3) is 3.62. The van der Waals surface area contributed by atoms with Gasteiger partial charge in [-0.3, -0.25) is 4.79 Å². The molecule has 1 heterocycles. The van der Waals surface area contributed by atoms with Gasteiger partial charge in [0, 0.05) is 30.6 Å². The van der Waals surface area contributed by atoms with Crippen LogP contribution in [0.3, 0.4) is 0 Å². The first kappa shape index (κ1) is 16.3. The summed E-state index contributed by atoms with van der Waals surface area (Å²) in [5.74, 6) is 0.241. The molecular weight excluding hydrogens is 283 g/mol. The lowest BCUT2D eigenvalue weighted by atomic mass is 9.98. The highest BCUT2D eigenvalue weighted by Crippen LogP contribution is 2.26. The zero-order chi connectivity index (χ0) is 13.1. The number of fused-ring (bicyclic) bond motifs is 1. The number of hydrogen-bond donors (Lipinski definition) is 1. The van der Waals surface area contributed by atoms with Gasteiger partial charge >= 0.3 is 0 Å². The van der Waals surface area contributed by atoms with Crippen LogP contribution in [0, 0.1) is 5.92 Å². The second-order valence-electron chi connectivity index (χ2n) is 4.85. The van der Waals surface area contributed by atoms with E-state index >= 15 is 0 Å². The Hall–Kier alpha value is -0.770. The molecule has 1 aliphatic heterocycles. The Morgan fingerprint density at radius 2 is 2.26 bits per heavy atom. The Labute approximate surface area is 125 Å². The maximum absolute atomic E-state index is 12.2. The largest absolute Gasteiger partial charge is 0.338 e. The predicted molar refractivity (Wildman–Crippen MR) is 80.9 cm³/mol. The normalized spacial score (nSPS) is 15.4. The average Bonchev–Trinajstić information content (AvgIpc) is 2.38. The standard InChI is InChI=1S/C14H19ClN2O.ClH/c1-10(8-16-2)14(18)17-7-6-12-11(9-17)4-3-5-13(12)15;/h3-5,10,16H,6-9H2,1-2H3;1H. The topological polar surface area (TPSA) is 32.3 Å². The van der Waals surface area contributed by atoms with Crippen LogP contribution in [0.2, 0.25) is 5.02 Å². The van der Waals surface area contributed by atoms with Gasteiger partial charge in [0.05, 0.1) is 0 Å². The second-order valence-corrected chi connectivity index (χ2v) is 5.25. The Kier molecular flexibility index (Phi) is 6.11. The molecule has 1 aromatic carbocycles. The van der Waals surface area contributed by atoms with Gasteiger partial charge in [-0.1, -0.05) is 30.7 Å². The van der Waals surface area contributed by atoms with Gasteiger partial charge in [0.2, 0.25) is 5.91 Å². The third-order valence-electron chi connectivity index (χ3n) is 3.45. The molecule has 0 radical (unpaired) electrons. The van der Waals surface area contributed by atoms with Gasteiger partial charge < -0.3 is 10.2 Å². The maximum Gasteiger partial charge on any atom is 0.226 e. The van der Waals surface area contributed by atoms with Crippen LogP contribution in [-0.4, -0.2) is 30.9 Å². The van der Waals surface area contributed by atoms with E-state index in [1.807, 2.05) is 31.0 Å². The smallest absolute Gasteiger partial charge is 0.226 e. The quantitative estimate of drug-likeness (QED) is 0.930. The molecule has 0 aliphatic carbocycles. The number of halogens is 2. The Balaban J connectivity index is 0.00000180. The van der Waals surface area contributed by atoms with Gasteiger partial charge in [-0.05, 0) is 30.7 Å². The van der Waals surface area contributed by atoms with Gasteiger partial charge in [-0.25, -0.2) is 0 Å². The highest BCUT2D eigenvalue weighted by atomic mass is 35.5. The molecule has 0 saturated heterocycles. The van der Waals surface area contributed by atoms with E-state index in [-0.39, 0.29) is 24.2 Å². The summed E-state index contributed by atoms with van der Waals surface area (Å²) in [5, 5.41) is 3.87. The van der Waals surface area contributed by atoms with Gasteiger partial charge in [0.25, 0.3) is 0 Å². The van der Waals surface area contributed by atoms with E-state index < -0.39 is 0 Å². The number of carbonyl (C=O) groups is 1. The van der Waals surface area contributed by atoms with Crippen molar-refractivity contribution in [3.63, 3.8) is 0 Å². The van der Waals surface area contributed by atoms with Crippen LogP contribution in [0.25, 0.3) is 0 Å². The van der Waals surface area contributed by atoms with Gasteiger partial charge in [0.15, 0.2) is 0 Å². The van der Waals surface area contributed by atoms with Crippen LogP contribution < -0.4 is 5.32 Å². The Bertz CT molecular complexity index is 451. The summed E-state index contributed by atoms with van der Waals surface area (Å²) in [6, 6.07) is 5.93. The molecule has 2 rings (SSSR count). The van der Waals surface area contributed by atoms with Crippen LogP contribution in [-0.2, 0) is 17.8 Å². The summed E-state index contributed by atoms with van der Waals surface area (Å²) in [5.41, 5.74) is 2.38. The van der Waals surface area contributed by atoms with Crippen molar-refractivity contribution in [2.75, 3.05) is 20.1 Å². The van der Waals surface area contributed by atoms with Crippen molar-refractivity contribution in [2.24, 2.45) is 5.92 Å². The van der Waals surface area contributed by atoms with E-state index in [4.69, 9.17) is 11.6 Å². The van der Waals surface area contributed by atoms with E-state index in [0.29, 0.717) is 6.54 Å². The van der Waals surface area contributed by atoms with E-state index in [1.54, 1.807) is 0 Å². The first-order valence-corrected chi connectivity index (χ1v) is 6.71. The predicted octanol–water partition coefficient (Wildman–Crippen LogP) is 2.50. The van der Waals surface area contributed by atoms with Crippen LogP contribution in [0.1, 0.15) is 18.1 Å². The van der Waals surface area contributed by atoms with Crippen LogP contribution in [0.4, 0.5) is 0 Å². The van der Waals surface area contributed by atoms with Crippen LogP contribution >= 0.6 is 24.0 Å². The molecule has 1 aliphatic rings. The molecule has 1 amide bonds. The zero-order valence-corrected chi connectivity index (χ0v) is 12.9. The van der Waals surface area contributed by atoms with E-state index in [2.05, 4.69) is 11.4 Å². The molecule has 0 saturated carbocycles. The number of hydrogen-bond acceptors (Lipinski definition) is 2. The lowest BCUT2D eigenvalue weighted by Gasteiger charge is -2.31. The van der Waals surface area contributed by atoms with Crippen LogP contribution in [0.5, 0.6) is 0 Å². The fourth-order valence-electron chi connectivity index (χ4n) is 2.46. The average molecular weight is 303 g/mol. The molecule has 106 valence electrons. The molecular formula is C14H20Cl2N2O. The highest BCUT2D eigenvalue weighted by molar-refractivity contribution is 6.31. The SMILES string of the molecule is CNCC(C)C(=O)N1CCc2c(Cl)cccc2C1.Cl.